The summed E-state index contributed by atoms with van der Waals surface area (Å²) in [6.45, 7) is 4.82. The SMILES string of the molecule is CC(C)NC(CN)c1cncn1C. The van der Waals surface area contributed by atoms with Gasteiger partial charge in [0.2, 0.25) is 0 Å². The zero-order valence-electron chi connectivity index (χ0n) is 8.49. The molecule has 1 atom stereocenters. The minimum Gasteiger partial charge on any atom is -0.336 e. The van der Waals surface area contributed by atoms with E-state index in [1.807, 2.05) is 17.8 Å². The molecule has 4 nitrogen and oxygen atoms in total. The van der Waals surface area contributed by atoms with Crippen molar-refractivity contribution < 1.29 is 0 Å². The lowest BCUT2D eigenvalue weighted by Crippen LogP contribution is -2.34. The van der Waals surface area contributed by atoms with Gasteiger partial charge in [-0.25, -0.2) is 4.98 Å². The van der Waals surface area contributed by atoms with Gasteiger partial charge in [0, 0.05) is 25.8 Å². The predicted octanol–water partition coefficient (Wildman–Crippen LogP) is 0.418. The van der Waals surface area contributed by atoms with E-state index in [-0.39, 0.29) is 6.04 Å². The maximum Gasteiger partial charge on any atom is 0.0946 e. The standard InChI is InChI=1S/C9H18N4/c1-7(2)12-8(4-10)9-5-11-6-13(9)3/h5-8,12H,4,10H2,1-3H3. The summed E-state index contributed by atoms with van der Waals surface area (Å²) >= 11 is 0. The first kappa shape index (κ1) is 10.2. The first-order valence-corrected chi connectivity index (χ1v) is 4.57. The quantitative estimate of drug-likeness (QED) is 0.709. The van der Waals surface area contributed by atoms with Crippen LogP contribution in [0.3, 0.4) is 0 Å². The van der Waals surface area contributed by atoms with E-state index in [9.17, 15) is 0 Å². The summed E-state index contributed by atoms with van der Waals surface area (Å²) in [5.41, 5.74) is 6.81. The van der Waals surface area contributed by atoms with Gasteiger partial charge >= 0.3 is 0 Å². The Balaban J connectivity index is 2.72. The molecule has 4 heteroatoms. The molecule has 0 spiro atoms. The van der Waals surface area contributed by atoms with E-state index in [1.165, 1.54) is 0 Å². The van der Waals surface area contributed by atoms with Gasteiger partial charge in [0.05, 0.1) is 18.1 Å². The highest BCUT2D eigenvalue weighted by Crippen LogP contribution is 2.10. The van der Waals surface area contributed by atoms with Gasteiger partial charge in [-0.3, -0.25) is 0 Å². The molecule has 3 N–H and O–H groups in total. The van der Waals surface area contributed by atoms with Crippen molar-refractivity contribution in [1.29, 1.82) is 0 Å². The Labute approximate surface area is 79.1 Å². The fraction of sp³-hybridized carbons (Fsp3) is 0.667. The minimum atomic E-state index is 0.201. The van der Waals surface area contributed by atoms with Crippen molar-refractivity contribution in [3.8, 4) is 0 Å². The van der Waals surface area contributed by atoms with E-state index in [0.717, 1.165) is 5.69 Å². The second-order valence-corrected chi connectivity index (χ2v) is 3.54. The third-order valence-electron chi connectivity index (χ3n) is 1.98. The molecule has 1 rings (SSSR count). The van der Waals surface area contributed by atoms with Crippen LogP contribution in [-0.2, 0) is 7.05 Å². The van der Waals surface area contributed by atoms with Crippen LogP contribution in [0.1, 0.15) is 25.6 Å². The van der Waals surface area contributed by atoms with Crippen molar-refractivity contribution in [3.63, 3.8) is 0 Å². The lowest BCUT2D eigenvalue weighted by molar-refractivity contribution is 0.465. The highest BCUT2D eigenvalue weighted by Gasteiger charge is 2.13. The summed E-state index contributed by atoms with van der Waals surface area (Å²) < 4.78 is 1.99. The van der Waals surface area contributed by atoms with Crippen molar-refractivity contribution in [2.24, 2.45) is 12.8 Å². The Morgan fingerprint density at radius 3 is 2.69 bits per heavy atom. The van der Waals surface area contributed by atoms with E-state index in [2.05, 4.69) is 24.1 Å². The normalized spacial score (nSPS) is 13.6. The summed E-state index contributed by atoms with van der Waals surface area (Å²) in [5.74, 6) is 0. The Hall–Kier alpha value is -0.870. The van der Waals surface area contributed by atoms with Gasteiger partial charge in [-0.05, 0) is 0 Å². The summed E-state index contributed by atoms with van der Waals surface area (Å²) in [5, 5.41) is 3.39. The molecule has 0 aromatic carbocycles. The van der Waals surface area contributed by atoms with Crippen molar-refractivity contribution in [2.45, 2.75) is 25.9 Å². The predicted molar refractivity (Wildman–Crippen MR) is 53.3 cm³/mol. The van der Waals surface area contributed by atoms with E-state index in [0.29, 0.717) is 12.6 Å². The lowest BCUT2D eigenvalue weighted by atomic mass is 10.2. The van der Waals surface area contributed by atoms with Crippen molar-refractivity contribution >= 4 is 0 Å². The lowest BCUT2D eigenvalue weighted by Gasteiger charge is -2.19. The molecule has 0 saturated carbocycles. The highest BCUT2D eigenvalue weighted by molar-refractivity contribution is 5.05. The monoisotopic (exact) mass is 182 g/mol. The van der Waals surface area contributed by atoms with Crippen molar-refractivity contribution in [3.05, 3.63) is 18.2 Å². The van der Waals surface area contributed by atoms with Gasteiger partial charge in [0.25, 0.3) is 0 Å². The van der Waals surface area contributed by atoms with E-state index < -0.39 is 0 Å². The average molecular weight is 182 g/mol. The average Bonchev–Trinajstić information content (AvgIpc) is 2.47. The molecule has 1 heterocycles. The number of nitrogens with zero attached hydrogens (tertiary/aromatic N) is 2. The Morgan fingerprint density at radius 1 is 1.62 bits per heavy atom. The van der Waals surface area contributed by atoms with Gasteiger partial charge in [-0.1, -0.05) is 13.8 Å². The smallest absolute Gasteiger partial charge is 0.0946 e. The second kappa shape index (κ2) is 4.39. The number of hydrogen-bond donors (Lipinski definition) is 2. The van der Waals surface area contributed by atoms with Gasteiger partial charge < -0.3 is 15.6 Å². The minimum absolute atomic E-state index is 0.201. The van der Waals surface area contributed by atoms with Crippen LogP contribution in [0.25, 0.3) is 0 Å². The maximum absolute atomic E-state index is 5.68. The first-order valence-electron chi connectivity index (χ1n) is 4.57. The Bertz CT molecular complexity index is 254. The Kier molecular flexibility index (Phi) is 3.45. The highest BCUT2D eigenvalue weighted by atomic mass is 15.1. The van der Waals surface area contributed by atoms with Gasteiger partial charge in [0.15, 0.2) is 0 Å². The molecule has 74 valence electrons. The van der Waals surface area contributed by atoms with E-state index in [1.54, 1.807) is 6.33 Å². The molecule has 1 aromatic heterocycles. The van der Waals surface area contributed by atoms with Crippen LogP contribution in [0.15, 0.2) is 12.5 Å². The van der Waals surface area contributed by atoms with Crippen LogP contribution in [0.5, 0.6) is 0 Å². The van der Waals surface area contributed by atoms with E-state index >= 15 is 0 Å². The molecule has 0 bridgehead atoms. The summed E-state index contributed by atoms with van der Waals surface area (Å²) in [4.78, 5) is 4.07. The van der Waals surface area contributed by atoms with Gasteiger partial charge in [0.1, 0.15) is 0 Å². The summed E-state index contributed by atoms with van der Waals surface area (Å²) in [7, 11) is 1.98. The molecule has 0 aliphatic carbocycles. The van der Waals surface area contributed by atoms with Crippen LogP contribution < -0.4 is 11.1 Å². The molecule has 0 fully saturated rings. The van der Waals surface area contributed by atoms with E-state index in [4.69, 9.17) is 5.73 Å². The number of imidazole rings is 1. The van der Waals surface area contributed by atoms with Crippen LogP contribution in [-0.4, -0.2) is 22.1 Å². The molecule has 0 amide bonds. The molecule has 0 aliphatic rings. The molecule has 1 aromatic rings. The van der Waals surface area contributed by atoms with Crippen LogP contribution in [0.4, 0.5) is 0 Å². The second-order valence-electron chi connectivity index (χ2n) is 3.54. The zero-order chi connectivity index (χ0) is 9.84. The van der Waals surface area contributed by atoms with Crippen molar-refractivity contribution in [1.82, 2.24) is 14.9 Å². The van der Waals surface area contributed by atoms with Crippen LogP contribution in [0, 0.1) is 0 Å². The fourth-order valence-electron chi connectivity index (χ4n) is 1.38. The molecule has 1 unspecified atom stereocenters. The zero-order valence-corrected chi connectivity index (χ0v) is 8.49. The maximum atomic E-state index is 5.68. The molecular formula is C9H18N4. The summed E-state index contributed by atoms with van der Waals surface area (Å²) in [6.07, 6.45) is 3.65. The number of hydrogen-bond acceptors (Lipinski definition) is 3. The van der Waals surface area contributed by atoms with Crippen LogP contribution >= 0.6 is 0 Å². The fourth-order valence-corrected chi connectivity index (χ4v) is 1.38. The number of nitrogens with two attached hydrogens (primary N) is 1. The van der Waals surface area contributed by atoms with Crippen LogP contribution in [0.2, 0.25) is 0 Å². The molecular weight excluding hydrogens is 164 g/mol. The molecule has 0 saturated heterocycles. The number of rotatable bonds is 4. The van der Waals surface area contributed by atoms with Gasteiger partial charge in [-0.2, -0.15) is 0 Å². The summed E-state index contributed by atoms with van der Waals surface area (Å²) in [6, 6.07) is 0.635. The largest absolute Gasteiger partial charge is 0.336 e. The molecule has 13 heavy (non-hydrogen) atoms. The third kappa shape index (κ3) is 2.54. The molecule has 0 radical (unpaired) electrons. The Morgan fingerprint density at radius 2 is 2.31 bits per heavy atom. The topological polar surface area (TPSA) is 55.9 Å². The third-order valence-corrected chi connectivity index (χ3v) is 1.98. The van der Waals surface area contributed by atoms with Crippen molar-refractivity contribution in [2.75, 3.05) is 6.54 Å². The number of aromatic nitrogens is 2. The number of aryl methyl sites for hydroxylation is 1. The first-order chi connectivity index (χ1) is 6.15. The molecule has 0 aliphatic heterocycles. The van der Waals surface area contributed by atoms with Gasteiger partial charge in [-0.15, -0.1) is 0 Å². The number of nitrogens with one attached hydrogen (secondary N) is 1.